The molecule has 0 saturated heterocycles. The van der Waals surface area contributed by atoms with E-state index in [2.05, 4.69) is 25.5 Å². The molecule has 0 aliphatic heterocycles. The molecule has 13 heteroatoms. The summed E-state index contributed by atoms with van der Waals surface area (Å²) in [6.45, 7) is 2.02. The molecule has 0 atom stereocenters. The van der Waals surface area contributed by atoms with E-state index in [9.17, 15) is 19.8 Å². The molecule has 1 aromatic carbocycles. The molecule has 0 radical (unpaired) electrons. The number of carboxylic acid groups (broad SMARTS) is 2. The van der Waals surface area contributed by atoms with E-state index in [0.717, 1.165) is 30.2 Å². The normalized spacial score (nSPS) is 11.2. The minimum atomic E-state index is -1.27. The van der Waals surface area contributed by atoms with Crippen LogP contribution < -0.4 is 5.73 Å². The highest BCUT2D eigenvalue weighted by Crippen LogP contribution is 2.33. The molecule has 30 heavy (non-hydrogen) atoms. The van der Waals surface area contributed by atoms with E-state index in [4.69, 9.17) is 18.0 Å². The molecule has 3 rings (SSSR count). The molecular formula is C17H17N7O4S2. The van der Waals surface area contributed by atoms with Crippen LogP contribution in [0.4, 0.5) is 16.6 Å². The van der Waals surface area contributed by atoms with Gasteiger partial charge in [-0.3, -0.25) is 5.10 Å². The van der Waals surface area contributed by atoms with Crippen molar-refractivity contribution in [1.29, 1.82) is 0 Å². The van der Waals surface area contributed by atoms with Crippen molar-refractivity contribution in [2.45, 2.75) is 26.2 Å². The summed E-state index contributed by atoms with van der Waals surface area (Å²) in [6, 6.07) is 3.65. The first-order valence-corrected chi connectivity index (χ1v) is 9.99. The standard InChI is InChI=1S/C17H17N7O4S2/c1-2-3-4-11-12(19-20-16-21-22-17(29)30-16)13(18)24(23-11)10-6-8(14(25)26)5-9(7-10)15(27)28/h5-7H,2-4,18H2,1H3,(H,22,29)(H,25,26)(H,27,28). The van der Waals surface area contributed by atoms with Gasteiger partial charge in [-0.15, -0.1) is 15.3 Å². The number of aromatic nitrogens is 4. The fourth-order valence-electron chi connectivity index (χ4n) is 2.63. The van der Waals surface area contributed by atoms with Gasteiger partial charge in [-0.2, -0.15) is 5.10 Å². The number of aromatic carboxylic acids is 2. The van der Waals surface area contributed by atoms with Gasteiger partial charge in [0.25, 0.3) is 0 Å². The summed E-state index contributed by atoms with van der Waals surface area (Å²) in [4.78, 5) is 22.8. The highest BCUT2D eigenvalue weighted by molar-refractivity contribution is 7.73. The second-order valence-corrected chi connectivity index (χ2v) is 7.81. The summed E-state index contributed by atoms with van der Waals surface area (Å²) in [5.74, 6) is -2.44. The first kappa shape index (κ1) is 21.3. The molecule has 3 aromatic rings. The number of hydrogen-bond acceptors (Lipinski definition) is 9. The molecule has 0 unspecified atom stereocenters. The van der Waals surface area contributed by atoms with Gasteiger partial charge in [0.2, 0.25) is 5.13 Å². The Bertz CT molecular complexity index is 1160. The zero-order valence-corrected chi connectivity index (χ0v) is 17.3. The van der Waals surface area contributed by atoms with Gasteiger partial charge in [-0.25, -0.2) is 14.3 Å². The SMILES string of the molecule is CCCCc1nn(-c2cc(C(=O)O)cc(C(=O)O)c2)c(N)c1N=Nc1n[nH]c(=S)s1. The molecule has 2 aromatic heterocycles. The number of nitrogens with one attached hydrogen (secondary N) is 1. The molecule has 0 saturated carbocycles. The fourth-order valence-corrected chi connectivity index (χ4v) is 3.33. The molecule has 5 N–H and O–H groups in total. The fraction of sp³-hybridized carbons (Fsp3) is 0.235. The Balaban J connectivity index is 2.12. The largest absolute Gasteiger partial charge is 0.478 e. The van der Waals surface area contributed by atoms with Gasteiger partial charge in [0.05, 0.1) is 22.5 Å². The summed E-state index contributed by atoms with van der Waals surface area (Å²) in [6.07, 6.45) is 2.28. The van der Waals surface area contributed by atoms with Crippen LogP contribution in [0.2, 0.25) is 0 Å². The second-order valence-electron chi connectivity index (χ2n) is 6.17. The van der Waals surface area contributed by atoms with E-state index < -0.39 is 11.9 Å². The number of rotatable bonds is 8. The zero-order chi connectivity index (χ0) is 21.8. The molecule has 2 heterocycles. The van der Waals surface area contributed by atoms with Crippen molar-refractivity contribution >= 4 is 52.1 Å². The molecule has 0 aliphatic carbocycles. The topological polar surface area (TPSA) is 172 Å². The zero-order valence-electron chi connectivity index (χ0n) is 15.7. The number of hydrogen-bond donors (Lipinski definition) is 4. The second kappa shape index (κ2) is 8.92. The number of carboxylic acids is 2. The summed E-state index contributed by atoms with van der Waals surface area (Å²) in [5.41, 5.74) is 6.89. The number of benzene rings is 1. The lowest BCUT2D eigenvalue weighted by molar-refractivity contribution is 0.0696. The number of aromatic amines is 1. The van der Waals surface area contributed by atoms with Crippen LogP contribution in [0, 0.1) is 3.95 Å². The lowest BCUT2D eigenvalue weighted by atomic mass is 10.1. The number of H-pyrrole nitrogens is 1. The summed E-state index contributed by atoms with van der Waals surface area (Å²) in [5, 5.41) is 38.1. The average molecular weight is 448 g/mol. The Kier molecular flexibility index (Phi) is 6.32. The Hall–Kier alpha value is -3.45. The first-order chi connectivity index (χ1) is 14.3. The van der Waals surface area contributed by atoms with Crippen LogP contribution in [0.25, 0.3) is 5.69 Å². The predicted octanol–water partition coefficient (Wildman–Crippen LogP) is 4.12. The molecule has 0 bridgehead atoms. The summed E-state index contributed by atoms with van der Waals surface area (Å²) >= 11 is 6.11. The number of anilines is 1. The highest BCUT2D eigenvalue weighted by atomic mass is 32.1. The van der Waals surface area contributed by atoms with Gasteiger partial charge in [0, 0.05) is 0 Å². The van der Waals surface area contributed by atoms with Crippen molar-refractivity contribution in [3.63, 3.8) is 0 Å². The predicted molar refractivity (Wildman–Crippen MR) is 112 cm³/mol. The molecule has 0 fully saturated rings. The monoisotopic (exact) mass is 447 g/mol. The average Bonchev–Trinajstić information content (AvgIpc) is 3.27. The lowest BCUT2D eigenvalue weighted by Crippen LogP contribution is -2.08. The number of carbonyl (C=O) groups is 2. The minimum absolute atomic E-state index is 0.0999. The Morgan fingerprint density at radius 3 is 2.43 bits per heavy atom. The molecule has 11 nitrogen and oxygen atoms in total. The Labute approximate surface area is 178 Å². The first-order valence-electron chi connectivity index (χ1n) is 8.76. The minimum Gasteiger partial charge on any atom is -0.478 e. The van der Waals surface area contributed by atoms with E-state index in [1.165, 1.54) is 16.8 Å². The third-order valence-electron chi connectivity index (χ3n) is 4.05. The van der Waals surface area contributed by atoms with E-state index in [1.54, 1.807) is 0 Å². The highest BCUT2D eigenvalue weighted by Gasteiger charge is 2.19. The van der Waals surface area contributed by atoms with Gasteiger partial charge in [-0.05, 0) is 43.3 Å². The van der Waals surface area contributed by atoms with Crippen molar-refractivity contribution in [1.82, 2.24) is 20.0 Å². The Morgan fingerprint density at radius 1 is 1.23 bits per heavy atom. The number of azo groups is 1. The van der Waals surface area contributed by atoms with Crippen molar-refractivity contribution in [2.75, 3.05) is 5.73 Å². The maximum atomic E-state index is 11.4. The smallest absolute Gasteiger partial charge is 0.335 e. The number of nitrogens with two attached hydrogens (primary N) is 1. The van der Waals surface area contributed by atoms with Crippen LogP contribution >= 0.6 is 23.6 Å². The van der Waals surface area contributed by atoms with Gasteiger partial charge in [0.15, 0.2) is 15.5 Å². The van der Waals surface area contributed by atoms with Gasteiger partial charge < -0.3 is 15.9 Å². The van der Waals surface area contributed by atoms with Crippen molar-refractivity contribution in [3.05, 3.63) is 39.0 Å². The molecule has 0 aliphatic rings. The third kappa shape index (κ3) is 4.58. The maximum Gasteiger partial charge on any atom is 0.335 e. The number of nitrogens with zero attached hydrogens (tertiary/aromatic N) is 5. The Morgan fingerprint density at radius 2 is 1.90 bits per heavy atom. The van der Waals surface area contributed by atoms with Crippen LogP contribution in [-0.2, 0) is 6.42 Å². The van der Waals surface area contributed by atoms with Crippen molar-refractivity contribution in [2.24, 2.45) is 10.2 Å². The third-order valence-corrected chi connectivity index (χ3v) is 5.02. The van der Waals surface area contributed by atoms with E-state index in [0.29, 0.717) is 26.9 Å². The summed E-state index contributed by atoms with van der Waals surface area (Å²) in [7, 11) is 0. The van der Waals surface area contributed by atoms with Gasteiger partial charge in [0.1, 0.15) is 0 Å². The van der Waals surface area contributed by atoms with Crippen LogP contribution in [0.3, 0.4) is 0 Å². The van der Waals surface area contributed by atoms with Crippen LogP contribution in [0.1, 0.15) is 46.2 Å². The van der Waals surface area contributed by atoms with Crippen molar-refractivity contribution < 1.29 is 19.8 Å². The van der Waals surface area contributed by atoms with Gasteiger partial charge in [-0.1, -0.05) is 24.7 Å². The molecular weight excluding hydrogens is 430 g/mol. The number of nitrogen functional groups attached to an aromatic ring is 1. The van der Waals surface area contributed by atoms with Crippen molar-refractivity contribution in [3.8, 4) is 5.69 Å². The summed E-state index contributed by atoms with van der Waals surface area (Å²) < 4.78 is 1.72. The molecule has 0 spiro atoms. The van der Waals surface area contributed by atoms with Gasteiger partial charge >= 0.3 is 11.9 Å². The molecule has 0 amide bonds. The lowest BCUT2D eigenvalue weighted by Gasteiger charge is -2.07. The van der Waals surface area contributed by atoms with Crippen LogP contribution in [-0.4, -0.2) is 42.1 Å². The molecule has 156 valence electrons. The van der Waals surface area contributed by atoms with E-state index >= 15 is 0 Å². The van der Waals surface area contributed by atoms with Crippen LogP contribution in [0.15, 0.2) is 28.4 Å². The maximum absolute atomic E-state index is 11.4. The van der Waals surface area contributed by atoms with Crippen LogP contribution in [0.5, 0.6) is 0 Å². The number of unbranched alkanes of at least 4 members (excludes halogenated alkanes) is 1. The van der Waals surface area contributed by atoms with E-state index in [-0.39, 0.29) is 22.6 Å². The quantitative estimate of drug-likeness (QED) is 0.295. The van der Waals surface area contributed by atoms with E-state index in [1.807, 2.05) is 6.92 Å². The number of aryl methyl sites for hydroxylation is 1.